The van der Waals surface area contributed by atoms with Crippen molar-refractivity contribution in [1.82, 2.24) is 0 Å². The molecule has 0 aromatic rings. The molecule has 0 aromatic carbocycles. The van der Waals surface area contributed by atoms with Crippen molar-refractivity contribution in [2.24, 2.45) is 9.98 Å². The van der Waals surface area contributed by atoms with E-state index in [1.54, 1.807) is 27.7 Å². The molecule has 0 radical (unpaired) electrons. The van der Waals surface area contributed by atoms with Gasteiger partial charge in [0.1, 0.15) is 0 Å². The van der Waals surface area contributed by atoms with Crippen molar-refractivity contribution in [2.45, 2.75) is 33.4 Å². The second-order valence-corrected chi connectivity index (χ2v) is 6.19. The largest absolute Gasteiger partial charge is 0.579 e. The molecule has 0 unspecified atom stereocenters. The Morgan fingerprint density at radius 3 is 1.78 bits per heavy atom. The normalized spacial score (nSPS) is 17.3. The standard InChI is InChI=1S/C11H20N2O4Si/c1-5-15-18(16-6-2,17-7-3)10(14)11(4)12-8-9-13-11/h8-9H,5-7H2,1-4H3. The lowest BCUT2D eigenvalue weighted by Crippen LogP contribution is -2.60. The van der Waals surface area contributed by atoms with Gasteiger partial charge in [0.25, 0.3) is 5.41 Å². The third-order valence-corrected chi connectivity index (χ3v) is 5.47. The van der Waals surface area contributed by atoms with Crippen LogP contribution in [0.3, 0.4) is 0 Å². The summed E-state index contributed by atoms with van der Waals surface area (Å²) in [5.74, 6) is 0. The van der Waals surface area contributed by atoms with Crippen LogP contribution < -0.4 is 0 Å². The van der Waals surface area contributed by atoms with Gasteiger partial charge in [-0.25, -0.2) is 0 Å². The summed E-state index contributed by atoms with van der Waals surface area (Å²) in [6.07, 6.45) is 3.00. The Bertz CT molecular complexity index is 328. The van der Waals surface area contributed by atoms with Crippen molar-refractivity contribution in [2.75, 3.05) is 19.8 Å². The summed E-state index contributed by atoms with van der Waals surface area (Å²) < 4.78 is 16.6. The van der Waals surface area contributed by atoms with E-state index < -0.39 is 14.5 Å². The fraction of sp³-hybridized carbons (Fsp3) is 0.727. The quantitative estimate of drug-likeness (QED) is 0.618. The van der Waals surface area contributed by atoms with Gasteiger partial charge in [-0.1, -0.05) is 0 Å². The minimum Gasteiger partial charge on any atom is -0.369 e. The van der Waals surface area contributed by atoms with Gasteiger partial charge in [0.2, 0.25) is 5.66 Å². The minimum absolute atomic E-state index is 0.314. The summed E-state index contributed by atoms with van der Waals surface area (Å²) in [7, 11) is -3.40. The summed E-state index contributed by atoms with van der Waals surface area (Å²) >= 11 is 0. The Labute approximate surface area is 108 Å². The molecule has 0 atom stereocenters. The first-order valence-electron chi connectivity index (χ1n) is 6.10. The highest BCUT2D eigenvalue weighted by Gasteiger charge is 2.58. The number of hydrogen-bond acceptors (Lipinski definition) is 6. The molecule has 0 saturated heterocycles. The van der Waals surface area contributed by atoms with Gasteiger partial charge in [0.15, 0.2) is 0 Å². The molecular formula is C11H20N2O4Si. The predicted molar refractivity (Wildman–Crippen MR) is 71.0 cm³/mol. The van der Waals surface area contributed by atoms with Crippen LogP contribution >= 0.6 is 0 Å². The molecule has 1 aliphatic rings. The van der Waals surface area contributed by atoms with Crippen molar-refractivity contribution < 1.29 is 18.1 Å². The summed E-state index contributed by atoms with van der Waals surface area (Å²) in [6, 6.07) is 0. The van der Waals surface area contributed by atoms with Crippen LogP contribution in [0.15, 0.2) is 9.98 Å². The average molecular weight is 272 g/mol. The first-order chi connectivity index (χ1) is 8.54. The van der Waals surface area contributed by atoms with E-state index in [1.807, 2.05) is 0 Å². The average Bonchev–Trinajstić information content (AvgIpc) is 2.77. The summed E-state index contributed by atoms with van der Waals surface area (Å²) in [5.41, 5.74) is -1.17. The number of carbonyl (C=O) groups is 1. The molecule has 1 heterocycles. The van der Waals surface area contributed by atoms with Crippen molar-refractivity contribution in [3.05, 3.63) is 0 Å². The summed E-state index contributed by atoms with van der Waals surface area (Å²) in [4.78, 5) is 20.8. The minimum atomic E-state index is -3.40. The van der Waals surface area contributed by atoms with Crippen LogP contribution in [0.5, 0.6) is 0 Å². The molecule has 0 amide bonds. The van der Waals surface area contributed by atoms with Crippen molar-refractivity contribution in [1.29, 1.82) is 0 Å². The third-order valence-electron chi connectivity index (χ3n) is 2.43. The van der Waals surface area contributed by atoms with E-state index in [-0.39, 0.29) is 5.41 Å². The lowest BCUT2D eigenvalue weighted by atomic mass is 10.3. The van der Waals surface area contributed by atoms with Gasteiger partial charge >= 0.3 is 8.80 Å². The first kappa shape index (κ1) is 15.2. The lowest BCUT2D eigenvalue weighted by Gasteiger charge is -2.30. The van der Waals surface area contributed by atoms with Gasteiger partial charge in [-0.2, -0.15) is 0 Å². The smallest absolute Gasteiger partial charge is 0.369 e. The molecular weight excluding hydrogens is 252 g/mol. The zero-order valence-electron chi connectivity index (χ0n) is 11.3. The highest BCUT2D eigenvalue weighted by atomic mass is 28.4. The number of carbonyl (C=O) groups excluding carboxylic acids is 1. The van der Waals surface area contributed by atoms with Gasteiger partial charge in [-0.15, -0.1) is 0 Å². The number of rotatable bonds is 8. The molecule has 18 heavy (non-hydrogen) atoms. The Balaban J connectivity index is 3.03. The van der Waals surface area contributed by atoms with Gasteiger partial charge in [0, 0.05) is 32.2 Å². The Kier molecular flexibility index (Phi) is 5.33. The summed E-state index contributed by atoms with van der Waals surface area (Å²) in [5, 5.41) is -0.314. The SMILES string of the molecule is CCO[Si](OCC)(OCC)C(=O)C1(C)N=CC=N1. The van der Waals surface area contributed by atoms with E-state index >= 15 is 0 Å². The van der Waals surface area contributed by atoms with E-state index in [4.69, 9.17) is 13.3 Å². The van der Waals surface area contributed by atoms with Crippen molar-refractivity contribution in [3.8, 4) is 0 Å². The number of aliphatic imine (C=N–C) groups is 2. The maximum Gasteiger partial charge on any atom is 0.579 e. The summed E-state index contributed by atoms with van der Waals surface area (Å²) in [6.45, 7) is 8.09. The monoisotopic (exact) mass is 272 g/mol. The predicted octanol–water partition coefficient (Wildman–Crippen LogP) is 1.01. The molecule has 0 aliphatic carbocycles. The van der Waals surface area contributed by atoms with Gasteiger partial charge in [0.05, 0.1) is 0 Å². The highest BCUT2D eigenvalue weighted by Crippen LogP contribution is 2.25. The molecule has 1 aliphatic heterocycles. The van der Waals surface area contributed by atoms with E-state index in [9.17, 15) is 4.79 Å². The van der Waals surface area contributed by atoms with Crippen LogP contribution in [0.25, 0.3) is 0 Å². The van der Waals surface area contributed by atoms with Crippen LogP contribution in [0.2, 0.25) is 0 Å². The van der Waals surface area contributed by atoms with Crippen LogP contribution in [0.4, 0.5) is 0 Å². The Morgan fingerprint density at radius 1 is 1.06 bits per heavy atom. The number of hydrogen-bond donors (Lipinski definition) is 0. The molecule has 0 saturated carbocycles. The maximum atomic E-state index is 12.6. The topological polar surface area (TPSA) is 69.5 Å². The first-order valence-corrected chi connectivity index (χ1v) is 7.83. The van der Waals surface area contributed by atoms with Crippen LogP contribution in [0, 0.1) is 0 Å². The molecule has 0 bridgehead atoms. The zero-order valence-corrected chi connectivity index (χ0v) is 12.3. The molecule has 7 heteroatoms. The lowest BCUT2D eigenvalue weighted by molar-refractivity contribution is -0.123. The molecule has 0 N–H and O–H groups in total. The number of nitrogens with zero attached hydrogens (tertiary/aromatic N) is 2. The van der Waals surface area contributed by atoms with Gasteiger partial charge < -0.3 is 13.3 Å². The molecule has 102 valence electrons. The molecule has 1 rings (SSSR count). The Hall–Kier alpha value is -0.893. The molecule has 0 aromatic heterocycles. The van der Waals surface area contributed by atoms with Crippen LogP contribution in [-0.4, -0.2) is 52.1 Å². The fourth-order valence-corrected chi connectivity index (χ4v) is 4.18. The molecule has 0 fully saturated rings. The van der Waals surface area contributed by atoms with E-state index in [0.717, 1.165) is 0 Å². The van der Waals surface area contributed by atoms with Crippen molar-refractivity contribution >= 4 is 26.6 Å². The van der Waals surface area contributed by atoms with Crippen LogP contribution in [0.1, 0.15) is 27.7 Å². The second kappa shape index (κ2) is 6.33. The van der Waals surface area contributed by atoms with E-state index in [2.05, 4.69) is 9.98 Å². The van der Waals surface area contributed by atoms with Gasteiger partial charge in [-0.3, -0.25) is 14.8 Å². The van der Waals surface area contributed by atoms with Crippen molar-refractivity contribution in [3.63, 3.8) is 0 Å². The van der Waals surface area contributed by atoms with E-state index in [1.165, 1.54) is 12.4 Å². The van der Waals surface area contributed by atoms with Crippen LogP contribution in [-0.2, 0) is 18.1 Å². The molecule has 6 nitrogen and oxygen atoms in total. The Morgan fingerprint density at radius 2 is 1.44 bits per heavy atom. The third kappa shape index (κ3) is 2.92. The van der Waals surface area contributed by atoms with E-state index in [0.29, 0.717) is 19.8 Å². The fourth-order valence-electron chi connectivity index (χ4n) is 1.69. The molecule has 0 spiro atoms. The second-order valence-electron chi connectivity index (χ2n) is 3.76. The highest BCUT2D eigenvalue weighted by molar-refractivity contribution is 6.93. The maximum absolute atomic E-state index is 12.6. The van der Waals surface area contributed by atoms with Gasteiger partial charge in [-0.05, 0) is 27.7 Å². The zero-order chi connectivity index (χ0) is 13.6.